The van der Waals surface area contributed by atoms with E-state index < -0.39 is 0 Å². The minimum Gasteiger partial charge on any atom is -0.460 e. The normalized spacial score (nSPS) is 13.4. The molecule has 1 nitrogen and oxygen atoms in total. The van der Waals surface area contributed by atoms with Gasteiger partial charge in [0.05, 0.1) is 0 Å². The maximum atomic E-state index is 5.90. The average Bonchev–Trinajstić information content (AvgIpc) is 2.62. The van der Waals surface area contributed by atoms with Gasteiger partial charge in [-0.05, 0) is 25.5 Å². The Kier molecular flexibility index (Phi) is 3.71. The van der Waals surface area contributed by atoms with Gasteiger partial charge in [-0.15, -0.1) is 0 Å². The van der Waals surface area contributed by atoms with Gasteiger partial charge in [-0.2, -0.15) is 0 Å². The molecule has 0 atom stereocenters. The van der Waals surface area contributed by atoms with Gasteiger partial charge in [-0.25, -0.2) is 0 Å². The SMILES string of the molecule is CC.CC1=CCc2oc3cc(C)ccc3c2C=C1. The van der Waals surface area contributed by atoms with Gasteiger partial charge >= 0.3 is 0 Å². The summed E-state index contributed by atoms with van der Waals surface area (Å²) in [5.74, 6) is 1.08. The van der Waals surface area contributed by atoms with Crippen molar-refractivity contribution in [2.45, 2.75) is 34.1 Å². The van der Waals surface area contributed by atoms with E-state index in [2.05, 4.69) is 50.3 Å². The third-order valence-electron chi connectivity index (χ3n) is 3.08. The molecule has 1 aromatic carbocycles. The molecule has 0 bridgehead atoms. The molecule has 18 heavy (non-hydrogen) atoms. The van der Waals surface area contributed by atoms with E-state index in [4.69, 9.17) is 4.42 Å². The van der Waals surface area contributed by atoms with Gasteiger partial charge in [0.1, 0.15) is 11.3 Å². The first-order chi connectivity index (χ1) is 8.74. The van der Waals surface area contributed by atoms with E-state index in [0.717, 1.165) is 17.8 Å². The van der Waals surface area contributed by atoms with Crippen molar-refractivity contribution in [3.63, 3.8) is 0 Å². The number of aryl methyl sites for hydroxylation is 1. The van der Waals surface area contributed by atoms with Crippen molar-refractivity contribution in [1.82, 2.24) is 0 Å². The van der Waals surface area contributed by atoms with Crippen LogP contribution in [0, 0.1) is 6.92 Å². The first-order valence-electron chi connectivity index (χ1n) is 6.61. The maximum Gasteiger partial charge on any atom is 0.135 e. The molecule has 0 N–H and O–H groups in total. The lowest BCUT2D eigenvalue weighted by Crippen LogP contribution is -1.78. The monoisotopic (exact) mass is 240 g/mol. The molecule has 1 aliphatic carbocycles. The number of furan rings is 1. The number of fused-ring (bicyclic) bond motifs is 3. The van der Waals surface area contributed by atoms with Crippen molar-refractivity contribution in [2.75, 3.05) is 0 Å². The molecule has 0 fully saturated rings. The van der Waals surface area contributed by atoms with Crippen LogP contribution in [0.15, 0.2) is 40.3 Å². The Labute approximate surface area is 109 Å². The first-order valence-corrected chi connectivity index (χ1v) is 6.61. The number of rotatable bonds is 0. The first kappa shape index (κ1) is 12.7. The lowest BCUT2D eigenvalue weighted by atomic mass is 10.1. The fourth-order valence-corrected chi connectivity index (χ4v) is 2.15. The zero-order valence-corrected chi connectivity index (χ0v) is 11.6. The Morgan fingerprint density at radius 3 is 2.61 bits per heavy atom. The summed E-state index contributed by atoms with van der Waals surface area (Å²) in [7, 11) is 0. The third kappa shape index (κ3) is 2.26. The molecule has 3 rings (SSSR count). The zero-order valence-electron chi connectivity index (χ0n) is 11.6. The standard InChI is InChI=1S/C15H14O.C2H6/c1-10-3-6-12-13-7-4-11(2)9-15(13)16-14(12)8-5-10;1-2/h3-7,9H,8H2,1-2H3;1-2H3. The molecule has 0 unspecified atom stereocenters. The van der Waals surface area contributed by atoms with Crippen LogP contribution in [0.5, 0.6) is 0 Å². The fourth-order valence-electron chi connectivity index (χ4n) is 2.15. The summed E-state index contributed by atoms with van der Waals surface area (Å²) in [4.78, 5) is 0. The summed E-state index contributed by atoms with van der Waals surface area (Å²) in [5, 5.41) is 1.22. The van der Waals surface area contributed by atoms with Gasteiger partial charge in [0.2, 0.25) is 0 Å². The van der Waals surface area contributed by atoms with Crippen LogP contribution in [-0.4, -0.2) is 0 Å². The van der Waals surface area contributed by atoms with Crippen LogP contribution in [0.3, 0.4) is 0 Å². The Morgan fingerprint density at radius 1 is 1.06 bits per heavy atom. The van der Waals surface area contributed by atoms with Crippen LogP contribution in [0.25, 0.3) is 17.0 Å². The highest BCUT2D eigenvalue weighted by molar-refractivity contribution is 5.89. The molecule has 0 saturated heterocycles. The zero-order chi connectivity index (χ0) is 13.1. The minimum absolute atomic E-state index is 0.891. The Balaban J connectivity index is 0.000000574. The van der Waals surface area contributed by atoms with E-state index in [0.29, 0.717) is 0 Å². The quantitative estimate of drug-likeness (QED) is 0.610. The lowest BCUT2D eigenvalue weighted by Gasteiger charge is -1.92. The lowest BCUT2D eigenvalue weighted by molar-refractivity contribution is 0.564. The number of hydrogen-bond acceptors (Lipinski definition) is 1. The van der Waals surface area contributed by atoms with Gasteiger partial charge in [0.25, 0.3) is 0 Å². The molecule has 0 radical (unpaired) electrons. The average molecular weight is 240 g/mol. The second kappa shape index (κ2) is 5.26. The summed E-state index contributed by atoms with van der Waals surface area (Å²) in [5.41, 5.74) is 4.78. The highest BCUT2D eigenvalue weighted by atomic mass is 16.3. The summed E-state index contributed by atoms with van der Waals surface area (Å²) in [6, 6.07) is 6.39. The van der Waals surface area contributed by atoms with Crippen molar-refractivity contribution in [3.05, 3.63) is 52.8 Å². The molecule has 94 valence electrons. The largest absolute Gasteiger partial charge is 0.460 e. The molecule has 1 aliphatic rings. The molecule has 0 aliphatic heterocycles. The third-order valence-corrected chi connectivity index (χ3v) is 3.08. The predicted octanol–water partition coefficient (Wildman–Crippen LogP) is 5.28. The van der Waals surface area contributed by atoms with Crippen LogP contribution in [0.4, 0.5) is 0 Å². The van der Waals surface area contributed by atoms with Crippen molar-refractivity contribution < 1.29 is 4.42 Å². The fraction of sp³-hybridized carbons (Fsp3) is 0.294. The van der Waals surface area contributed by atoms with Gasteiger partial charge in [-0.1, -0.05) is 49.8 Å². The summed E-state index contributed by atoms with van der Waals surface area (Å²) < 4.78 is 5.90. The molecular formula is C17H20O. The van der Waals surface area contributed by atoms with E-state index >= 15 is 0 Å². The van der Waals surface area contributed by atoms with Crippen LogP contribution in [0.2, 0.25) is 0 Å². The van der Waals surface area contributed by atoms with E-state index in [-0.39, 0.29) is 0 Å². The smallest absolute Gasteiger partial charge is 0.135 e. The van der Waals surface area contributed by atoms with Gasteiger partial charge < -0.3 is 4.42 Å². The van der Waals surface area contributed by atoms with Crippen LogP contribution < -0.4 is 0 Å². The van der Waals surface area contributed by atoms with Crippen molar-refractivity contribution in [3.8, 4) is 0 Å². The van der Waals surface area contributed by atoms with Crippen molar-refractivity contribution >= 4 is 17.0 Å². The highest BCUT2D eigenvalue weighted by Crippen LogP contribution is 2.30. The van der Waals surface area contributed by atoms with Crippen LogP contribution in [-0.2, 0) is 6.42 Å². The molecular weight excluding hydrogens is 220 g/mol. The molecule has 0 saturated carbocycles. The van der Waals surface area contributed by atoms with E-state index in [1.807, 2.05) is 13.8 Å². The topological polar surface area (TPSA) is 13.1 Å². The van der Waals surface area contributed by atoms with E-state index in [1.54, 1.807) is 0 Å². The number of hydrogen-bond donors (Lipinski definition) is 0. The summed E-state index contributed by atoms with van der Waals surface area (Å²) >= 11 is 0. The van der Waals surface area contributed by atoms with Crippen molar-refractivity contribution in [1.29, 1.82) is 0 Å². The van der Waals surface area contributed by atoms with Gasteiger partial charge in [-0.3, -0.25) is 0 Å². The Bertz CT molecular complexity index is 612. The summed E-state index contributed by atoms with van der Waals surface area (Å²) in [6.45, 7) is 8.21. The number of benzene rings is 1. The van der Waals surface area contributed by atoms with Crippen molar-refractivity contribution in [2.24, 2.45) is 0 Å². The molecule has 0 spiro atoms. The maximum absolute atomic E-state index is 5.90. The van der Waals surface area contributed by atoms with Crippen LogP contribution >= 0.6 is 0 Å². The molecule has 1 heteroatoms. The predicted molar refractivity (Wildman–Crippen MR) is 78.8 cm³/mol. The summed E-state index contributed by atoms with van der Waals surface area (Å²) in [6.07, 6.45) is 7.41. The second-order valence-electron chi connectivity index (χ2n) is 4.42. The Hall–Kier alpha value is -1.76. The molecule has 1 heterocycles. The van der Waals surface area contributed by atoms with Gasteiger partial charge in [0, 0.05) is 17.4 Å². The Morgan fingerprint density at radius 2 is 1.83 bits per heavy atom. The highest BCUT2D eigenvalue weighted by Gasteiger charge is 2.12. The molecule has 1 aromatic heterocycles. The van der Waals surface area contributed by atoms with Gasteiger partial charge in [0.15, 0.2) is 0 Å². The number of allylic oxidation sites excluding steroid dienone is 3. The minimum atomic E-state index is 0.891. The van der Waals surface area contributed by atoms with E-state index in [9.17, 15) is 0 Å². The van der Waals surface area contributed by atoms with Crippen LogP contribution in [0.1, 0.15) is 37.7 Å². The molecule has 2 aromatic rings. The van der Waals surface area contributed by atoms with E-state index in [1.165, 1.54) is 22.1 Å². The second-order valence-corrected chi connectivity index (χ2v) is 4.42. The molecule has 0 amide bonds.